The van der Waals surface area contributed by atoms with Crippen molar-refractivity contribution in [1.82, 2.24) is 19.9 Å². The van der Waals surface area contributed by atoms with E-state index in [-0.39, 0.29) is 6.04 Å². The molecule has 3 rings (SSSR count). The summed E-state index contributed by atoms with van der Waals surface area (Å²) in [6.07, 6.45) is 6.07. The van der Waals surface area contributed by atoms with Crippen molar-refractivity contribution in [2.24, 2.45) is 7.05 Å². The Morgan fingerprint density at radius 2 is 2.31 bits per heavy atom. The van der Waals surface area contributed by atoms with Gasteiger partial charge in [-0.2, -0.15) is 0 Å². The fourth-order valence-corrected chi connectivity index (χ4v) is 3.26. The second-order valence-corrected chi connectivity index (χ2v) is 4.96. The quantitative estimate of drug-likeness (QED) is 0.740. The van der Waals surface area contributed by atoms with Gasteiger partial charge in [-0.25, -0.2) is 4.68 Å². The van der Waals surface area contributed by atoms with Gasteiger partial charge in [-0.1, -0.05) is 11.6 Å². The highest BCUT2D eigenvalue weighted by Gasteiger charge is 2.49. The van der Waals surface area contributed by atoms with Crippen LogP contribution in [0.25, 0.3) is 0 Å². The lowest BCUT2D eigenvalue weighted by atomic mass is 9.86. The van der Waals surface area contributed by atoms with Crippen LogP contribution >= 0.6 is 0 Å². The summed E-state index contributed by atoms with van der Waals surface area (Å²) in [7, 11) is 1.85. The predicted molar refractivity (Wildman–Crippen MR) is 58.7 cm³/mol. The van der Waals surface area contributed by atoms with Crippen molar-refractivity contribution in [3.63, 3.8) is 0 Å². The average Bonchev–Trinajstić information content (AvgIpc) is 2.86. The van der Waals surface area contributed by atoms with Gasteiger partial charge in [-0.05, 0) is 25.8 Å². The van der Waals surface area contributed by atoms with Gasteiger partial charge < -0.3 is 5.11 Å². The van der Waals surface area contributed by atoms with Crippen molar-refractivity contribution in [1.29, 1.82) is 0 Å². The first-order chi connectivity index (χ1) is 7.72. The maximum atomic E-state index is 10.9. The number of nitrogens with zero attached hydrogens (tertiary/aromatic N) is 4. The van der Waals surface area contributed by atoms with Crippen molar-refractivity contribution >= 4 is 0 Å². The highest BCUT2D eigenvalue weighted by atomic mass is 16.3. The van der Waals surface area contributed by atoms with Crippen LogP contribution in [0.1, 0.15) is 31.4 Å². The number of rotatable bonds is 1. The highest BCUT2D eigenvalue weighted by molar-refractivity contribution is 5.16. The van der Waals surface area contributed by atoms with Crippen molar-refractivity contribution < 1.29 is 5.11 Å². The van der Waals surface area contributed by atoms with Gasteiger partial charge >= 0.3 is 0 Å². The minimum Gasteiger partial charge on any atom is -0.382 e. The standard InChI is InChI=1S/C11H18N4O/c1-14-10(8-12-13-14)11(16)5-7-15-6-3-2-4-9(11)15/h8-9,16H,2-7H2,1H3. The van der Waals surface area contributed by atoms with Crippen LogP contribution in [0.3, 0.4) is 0 Å². The summed E-state index contributed by atoms with van der Waals surface area (Å²) in [4.78, 5) is 2.41. The fraction of sp³-hybridized carbons (Fsp3) is 0.818. The molecule has 2 unspecified atom stereocenters. The molecule has 0 radical (unpaired) electrons. The topological polar surface area (TPSA) is 54.2 Å². The van der Waals surface area contributed by atoms with Crippen LogP contribution in [0.2, 0.25) is 0 Å². The van der Waals surface area contributed by atoms with E-state index in [1.807, 2.05) is 7.05 Å². The first kappa shape index (κ1) is 10.2. The van der Waals surface area contributed by atoms with Gasteiger partial charge in [-0.3, -0.25) is 4.90 Å². The lowest BCUT2D eigenvalue weighted by Crippen LogP contribution is -2.46. The van der Waals surface area contributed by atoms with Gasteiger partial charge in [0.1, 0.15) is 5.60 Å². The Balaban J connectivity index is 1.96. The first-order valence-corrected chi connectivity index (χ1v) is 6.03. The third-order valence-corrected chi connectivity index (χ3v) is 4.10. The molecule has 2 aliphatic rings. The summed E-state index contributed by atoms with van der Waals surface area (Å²) >= 11 is 0. The van der Waals surface area contributed by atoms with E-state index in [0.29, 0.717) is 0 Å². The van der Waals surface area contributed by atoms with Crippen LogP contribution in [-0.4, -0.2) is 44.1 Å². The van der Waals surface area contributed by atoms with E-state index in [1.54, 1.807) is 10.9 Å². The number of aromatic nitrogens is 3. The first-order valence-electron chi connectivity index (χ1n) is 6.03. The molecule has 1 N–H and O–H groups in total. The van der Waals surface area contributed by atoms with E-state index >= 15 is 0 Å². The monoisotopic (exact) mass is 222 g/mol. The second kappa shape index (κ2) is 3.53. The SMILES string of the molecule is Cn1nncc1C1(O)CCN2CCCCC21. The van der Waals surface area contributed by atoms with Gasteiger partial charge in [0, 0.05) is 19.6 Å². The lowest BCUT2D eigenvalue weighted by molar-refractivity contribution is -0.0201. The fourth-order valence-electron chi connectivity index (χ4n) is 3.26. The number of aliphatic hydroxyl groups is 1. The summed E-state index contributed by atoms with van der Waals surface area (Å²) in [5.41, 5.74) is 0.125. The van der Waals surface area contributed by atoms with Crippen LogP contribution < -0.4 is 0 Å². The molecular weight excluding hydrogens is 204 g/mol. The number of hydrogen-bond donors (Lipinski definition) is 1. The molecule has 0 amide bonds. The molecule has 3 heterocycles. The number of piperidine rings is 1. The molecule has 2 fully saturated rings. The third-order valence-electron chi connectivity index (χ3n) is 4.10. The normalized spacial score (nSPS) is 35.2. The zero-order chi connectivity index (χ0) is 11.2. The van der Waals surface area contributed by atoms with Gasteiger partial charge in [0.15, 0.2) is 0 Å². The maximum Gasteiger partial charge on any atom is 0.124 e. The van der Waals surface area contributed by atoms with E-state index in [2.05, 4.69) is 15.2 Å². The van der Waals surface area contributed by atoms with Crippen LogP contribution in [0.4, 0.5) is 0 Å². The summed E-state index contributed by atoms with van der Waals surface area (Å²) in [5, 5.41) is 18.7. The van der Waals surface area contributed by atoms with Crippen LogP contribution in [0, 0.1) is 0 Å². The largest absolute Gasteiger partial charge is 0.382 e. The molecule has 16 heavy (non-hydrogen) atoms. The van der Waals surface area contributed by atoms with Crippen LogP contribution in [0.5, 0.6) is 0 Å². The molecule has 0 aromatic carbocycles. The molecule has 0 spiro atoms. The zero-order valence-corrected chi connectivity index (χ0v) is 9.63. The molecular formula is C11H18N4O. The number of aryl methyl sites for hydroxylation is 1. The molecule has 2 atom stereocenters. The smallest absolute Gasteiger partial charge is 0.124 e. The molecule has 5 nitrogen and oxygen atoms in total. The number of hydrogen-bond acceptors (Lipinski definition) is 4. The second-order valence-electron chi connectivity index (χ2n) is 4.96. The van der Waals surface area contributed by atoms with Crippen molar-refractivity contribution in [2.75, 3.05) is 13.1 Å². The Bertz CT molecular complexity index is 391. The van der Waals surface area contributed by atoms with E-state index in [9.17, 15) is 5.11 Å². The Labute approximate surface area is 95.1 Å². The van der Waals surface area contributed by atoms with E-state index < -0.39 is 5.60 Å². The van der Waals surface area contributed by atoms with Crippen LogP contribution in [0.15, 0.2) is 6.20 Å². The van der Waals surface area contributed by atoms with Crippen molar-refractivity contribution in [2.45, 2.75) is 37.3 Å². The maximum absolute atomic E-state index is 10.9. The molecule has 1 aromatic heterocycles. The summed E-state index contributed by atoms with van der Waals surface area (Å²) in [6, 6.07) is 0.262. The Kier molecular flexibility index (Phi) is 2.26. The highest BCUT2D eigenvalue weighted by Crippen LogP contribution is 2.41. The molecule has 0 saturated carbocycles. The van der Waals surface area contributed by atoms with Crippen molar-refractivity contribution in [3.05, 3.63) is 11.9 Å². The molecule has 5 heteroatoms. The van der Waals surface area contributed by atoms with Gasteiger partial charge in [0.05, 0.1) is 11.9 Å². The van der Waals surface area contributed by atoms with E-state index in [4.69, 9.17) is 0 Å². The summed E-state index contributed by atoms with van der Waals surface area (Å²) in [6.45, 7) is 2.12. The van der Waals surface area contributed by atoms with Gasteiger partial charge in [-0.15, -0.1) is 5.10 Å². The van der Waals surface area contributed by atoms with E-state index in [1.165, 1.54) is 12.8 Å². The van der Waals surface area contributed by atoms with Gasteiger partial charge in [0.2, 0.25) is 0 Å². The minimum absolute atomic E-state index is 0.262. The van der Waals surface area contributed by atoms with Crippen molar-refractivity contribution in [3.8, 4) is 0 Å². The molecule has 0 aliphatic carbocycles. The molecule has 88 valence electrons. The Hall–Kier alpha value is -0.940. The predicted octanol–water partition coefficient (Wildman–Crippen LogP) is 0.261. The molecule has 2 aliphatic heterocycles. The van der Waals surface area contributed by atoms with E-state index in [0.717, 1.165) is 31.6 Å². The lowest BCUT2D eigenvalue weighted by Gasteiger charge is -2.36. The minimum atomic E-state index is -0.737. The number of fused-ring (bicyclic) bond motifs is 1. The molecule has 0 bridgehead atoms. The van der Waals surface area contributed by atoms with Gasteiger partial charge in [0.25, 0.3) is 0 Å². The summed E-state index contributed by atoms with van der Waals surface area (Å²) < 4.78 is 1.71. The molecule has 2 saturated heterocycles. The summed E-state index contributed by atoms with van der Waals surface area (Å²) in [5.74, 6) is 0. The molecule has 1 aromatic rings. The average molecular weight is 222 g/mol. The Morgan fingerprint density at radius 3 is 3.06 bits per heavy atom. The van der Waals surface area contributed by atoms with Crippen LogP contribution in [-0.2, 0) is 12.6 Å². The third kappa shape index (κ3) is 1.31. The Morgan fingerprint density at radius 1 is 1.44 bits per heavy atom. The zero-order valence-electron chi connectivity index (χ0n) is 9.63.